The Balaban J connectivity index is 1.09. The smallest absolute Gasteiger partial charge is 0.295 e. The Morgan fingerprint density at radius 2 is 1.73 bits per heavy atom. The SMILES string of the molecule is C#CCOCCOCCOCCOCNCCCC(CO)NC(=O)c1ncn(-c2ncc(OC)c3c(C(=O)C(=O)N4CCC(=C(C#N)c5ccccc5)CC4)c[nH]c23)n1. The van der Waals surface area contributed by atoms with Gasteiger partial charge in [0, 0.05) is 19.3 Å². The number of carbonyl (C=O) groups excluding carboxylic acids is 3. The Bertz CT molecular complexity index is 2110. The van der Waals surface area contributed by atoms with Crippen molar-refractivity contribution in [3.05, 3.63) is 71.6 Å². The highest BCUT2D eigenvalue weighted by atomic mass is 16.6. The van der Waals surface area contributed by atoms with Crippen LogP contribution in [0.1, 0.15) is 52.2 Å². The number of likely N-dealkylation sites (tertiary alicyclic amines) is 1. The molecule has 4 heterocycles. The van der Waals surface area contributed by atoms with Crippen LogP contribution in [0.15, 0.2) is 54.6 Å². The lowest BCUT2D eigenvalue weighted by Crippen LogP contribution is -2.40. The average Bonchev–Trinajstić information content (AvgIpc) is 3.95. The lowest BCUT2D eigenvalue weighted by molar-refractivity contribution is -0.126. The summed E-state index contributed by atoms with van der Waals surface area (Å²) < 4.78 is 28.2. The predicted octanol–water partition coefficient (Wildman–Crippen LogP) is 2.05. The summed E-state index contributed by atoms with van der Waals surface area (Å²) in [5.74, 6) is 0.686. The van der Waals surface area contributed by atoms with E-state index in [9.17, 15) is 24.8 Å². The van der Waals surface area contributed by atoms with E-state index in [-0.39, 0.29) is 49.3 Å². The molecule has 2 amide bonds. The second kappa shape index (κ2) is 23.4. The first-order valence-corrected chi connectivity index (χ1v) is 19.2. The van der Waals surface area contributed by atoms with E-state index in [1.165, 1.54) is 35.4 Å². The molecular formula is C41H49N9O9. The molecule has 1 aliphatic rings. The molecule has 1 saturated heterocycles. The number of aromatic nitrogens is 5. The number of nitriles is 1. The Kier molecular flexibility index (Phi) is 17.5. The second-order valence-corrected chi connectivity index (χ2v) is 13.2. The number of amides is 2. The van der Waals surface area contributed by atoms with Crippen molar-refractivity contribution in [2.24, 2.45) is 0 Å². The number of terminal acetylenes is 1. The molecule has 312 valence electrons. The predicted molar refractivity (Wildman–Crippen MR) is 214 cm³/mol. The second-order valence-electron chi connectivity index (χ2n) is 13.2. The highest BCUT2D eigenvalue weighted by Gasteiger charge is 2.30. The van der Waals surface area contributed by atoms with Crippen molar-refractivity contribution < 1.29 is 43.2 Å². The van der Waals surface area contributed by atoms with Gasteiger partial charge < -0.3 is 44.0 Å². The highest BCUT2D eigenvalue weighted by molar-refractivity contribution is 6.45. The Morgan fingerprint density at radius 1 is 1.02 bits per heavy atom. The number of benzene rings is 1. The summed E-state index contributed by atoms with van der Waals surface area (Å²) in [7, 11) is 1.43. The number of H-pyrrole nitrogens is 1. The number of ketones is 1. The third kappa shape index (κ3) is 12.3. The number of hydrogen-bond acceptors (Lipinski definition) is 14. The van der Waals surface area contributed by atoms with Crippen LogP contribution in [0.25, 0.3) is 22.3 Å². The number of aliphatic hydroxyl groups excluding tert-OH is 1. The van der Waals surface area contributed by atoms with E-state index >= 15 is 0 Å². The lowest BCUT2D eigenvalue weighted by Gasteiger charge is -2.28. The number of aliphatic hydroxyl groups is 1. The number of Topliss-reactive ketones (excluding diaryl/α,β-unsaturated/α-hetero) is 1. The van der Waals surface area contributed by atoms with Crippen molar-refractivity contribution in [1.82, 2.24) is 40.3 Å². The van der Waals surface area contributed by atoms with Gasteiger partial charge in [0.05, 0.1) is 100 Å². The Labute approximate surface area is 341 Å². The molecule has 5 rings (SSSR count). The van der Waals surface area contributed by atoms with Gasteiger partial charge in [0.25, 0.3) is 17.6 Å². The van der Waals surface area contributed by atoms with Gasteiger partial charge >= 0.3 is 0 Å². The number of hydrogen-bond donors (Lipinski definition) is 4. The number of nitrogens with one attached hydrogen (secondary N) is 3. The molecule has 0 radical (unpaired) electrons. The summed E-state index contributed by atoms with van der Waals surface area (Å²) in [6.07, 6.45) is 11.3. The molecule has 0 aliphatic carbocycles. The number of pyridine rings is 1. The van der Waals surface area contributed by atoms with Crippen LogP contribution in [0, 0.1) is 23.7 Å². The van der Waals surface area contributed by atoms with Crippen LogP contribution >= 0.6 is 0 Å². The minimum Gasteiger partial charge on any atom is -0.494 e. The molecule has 1 fully saturated rings. The number of aromatic amines is 1. The fraction of sp³-hybridized carbons (Fsp3) is 0.439. The van der Waals surface area contributed by atoms with Crippen LogP contribution in [0.4, 0.5) is 0 Å². The molecule has 59 heavy (non-hydrogen) atoms. The average molecular weight is 812 g/mol. The van der Waals surface area contributed by atoms with Crippen LogP contribution in [0.5, 0.6) is 5.75 Å². The molecule has 1 unspecified atom stereocenters. The molecule has 4 N–H and O–H groups in total. The molecule has 1 atom stereocenters. The minimum atomic E-state index is -0.734. The summed E-state index contributed by atoms with van der Waals surface area (Å²) in [6, 6.07) is 11.1. The van der Waals surface area contributed by atoms with Gasteiger partial charge in [0.1, 0.15) is 18.7 Å². The van der Waals surface area contributed by atoms with Crippen LogP contribution in [0.3, 0.4) is 0 Å². The summed E-state index contributed by atoms with van der Waals surface area (Å²) in [5.41, 5.74) is 2.79. The van der Waals surface area contributed by atoms with Crippen LogP contribution < -0.4 is 15.4 Å². The number of piperidine rings is 1. The van der Waals surface area contributed by atoms with E-state index < -0.39 is 23.6 Å². The van der Waals surface area contributed by atoms with Gasteiger partial charge in [-0.15, -0.1) is 11.5 Å². The monoisotopic (exact) mass is 811 g/mol. The lowest BCUT2D eigenvalue weighted by atomic mass is 9.93. The summed E-state index contributed by atoms with van der Waals surface area (Å²) in [4.78, 5) is 53.4. The van der Waals surface area contributed by atoms with Crippen LogP contribution in [-0.2, 0) is 23.7 Å². The highest BCUT2D eigenvalue weighted by Crippen LogP contribution is 2.32. The molecule has 18 nitrogen and oxygen atoms in total. The largest absolute Gasteiger partial charge is 0.494 e. The van der Waals surface area contributed by atoms with Crippen molar-refractivity contribution in [2.75, 3.05) is 86.3 Å². The van der Waals surface area contributed by atoms with Crippen molar-refractivity contribution in [1.29, 1.82) is 5.26 Å². The first kappa shape index (κ1) is 44.1. The third-order valence-corrected chi connectivity index (χ3v) is 9.37. The first-order chi connectivity index (χ1) is 28.9. The van der Waals surface area contributed by atoms with Crippen molar-refractivity contribution in [3.8, 4) is 30.0 Å². The summed E-state index contributed by atoms with van der Waals surface area (Å²) >= 11 is 0. The molecule has 0 saturated carbocycles. The normalized spacial score (nSPS) is 13.2. The number of carbonyl (C=O) groups is 3. The van der Waals surface area contributed by atoms with Gasteiger partial charge in [0.2, 0.25) is 5.82 Å². The van der Waals surface area contributed by atoms with E-state index in [4.69, 9.17) is 30.1 Å². The van der Waals surface area contributed by atoms with E-state index in [2.05, 4.69) is 42.7 Å². The van der Waals surface area contributed by atoms with E-state index in [0.717, 1.165) is 11.1 Å². The number of ether oxygens (including phenoxy) is 5. The number of fused-ring (bicyclic) bond motifs is 1. The van der Waals surface area contributed by atoms with Crippen molar-refractivity contribution >= 4 is 34.1 Å². The molecule has 1 aliphatic heterocycles. The zero-order valence-corrected chi connectivity index (χ0v) is 33.0. The molecule has 1 aromatic carbocycles. The zero-order valence-electron chi connectivity index (χ0n) is 33.0. The van der Waals surface area contributed by atoms with Gasteiger partial charge in [-0.1, -0.05) is 36.3 Å². The van der Waals surface area contributed by atoms with E-state index in [1.54, 1.807) is 0 Å². The van der Waals surface area contributed by atoms with Crippen LogP contribution in [-0.4, -0.2) is 145 Å². The third-order valence-electron chi connectivity index (χ3n) is 9.37. The molecule has 3 aromatic heterocycles. The topological polar surface area (TPSA) is 228 Å². The maximum Gasteiger partial charge on any atom is 0.295 e. The Morgan fingerprint density at radius 3 is 2.41 bits per heavy atom. The number of methoxy groups -OCH3 is 1. The molecular weight excluding hydrogens is 763 g/mol. The van der Waals surface area contributed by atoms with Gasteiger partial charge in [-0.05, 0) is 43.4 Å². The maximum atomic E-state index is 13.7. The van der Waals surface area contributed by atoms with Gasteiger partial charge in [-0.3, -0.25) is 19.7 Å². The van der Waals surface area contributed by atoms with Crippen molar-refractivity contribution in [3.63, 3.8) is 0 Å². The van der Waals surface area contributed by atoms with Crippen molar-refractivity contribution in [2.45, 2.75) is 31.7 Å². The summed E-state index contributed by atoms with van der Waals surface area (Å²) in [6.45, 7) is 4.10. The summed E-state index contributed by atoms with van der Waals surface area (Å²) in [5, 5.41) is 30.3. The minimum absolute atomic E-state index is 0.0877. The number of nitrogens with zero attached hydrogens (tertiary/aromatic N) is 6. The fourth-order valence-corrected chi connectivity index (χ4v) is 6.36. The first-order valence-electron chi connectivity index (χ1n) is 19.2. The fourth-order valence-electron chi connectivity index (χ4n) is 6.36. The molecule has 4 aromatic rings. The van der Waals surface area contributed by atoms with Gasteiger partial charge in [-0.2, -0.15) is 9.94 Å². The molecule has 0 bridgehead atoms. The van der Waals surface area contributed by atoms with E-state index in [1.807, 2.05) is 30.3 Å². The van der Waals surface area contributed by atoms with Crippen LogP contribution in [0.2, 0.25) is 0 Å². The van der Waals surface area contributed by atoms with Gasteiger partial charge in [-0.25, -0.2) is 9.97 Å². The molecule has 18 heteroatoms. The zero-order chi connectivity index (χ0) is 41.8. The maximum absolute atomic E-state index is 13.7. The quantitative estimate of drug-likeness (QED) is 0.0198. The van der Waals surface area contributed by atoms with Gasteiger partial charge in [0.15, 0.2) is 5.82 Å². The standard InChI is InChI=1S/C41H49N9O9/c1-3-16-56-17-18-57-19-20-58-21-22-59-28-43-13-7-10-31(26-51)47-40(53)38-46-27-50(48-38)39-36-35(34(55-2)25-45-39)33(24-44-36)37(52)41(54)49-14-11-30(12-15-49)32(23-42)29-8-5-4-6-9-29/h1,4-6,8-9,24-25,27,31,43-44,51H,7,10-22,26,28H2,2H3,(H,47,53). The van der Waals surface area contributed by atoms with E-state index in [0.29, 0.717) is 95.1 Å². The number of rotatable bonds is 24. The molecule has 0 spiro atoms. The Hall–Kier alpha value is -5.99. The number of allylic oxidation sites excluding steroid dienone is 1.